The van der Waals surface area contributed by atoms with E-state index in [9.17, 15) is 9.59 Å². The lowest BCUT2D eigenvalue weighted by Crippen LogP contribution is -2.08. The first-order valence-electron chi connectivity index (χ1n) is 14.1. The lowest BCUT2D eigenvalue weighted by Gasteiger charge is -2.09. The second-order valence-corrected chi connectivity index (χ2v) is 10.1. The highest BCUT2D eigenvalue weighted by Gasteiger charge is 2.20. The van der Waals surface area contributed by atoms with Gasteiger partial charge >= 0.3 is 11.9 Å². The lowest BCUT2D eigenvalue weighted by molar-refractivity contribution is 0.0696. The zero-order valence-corrected chi connectivity index (χ0v) is 22.5. The average molecular weight is 531 g/mol. The van der Waals surface area contributed by atoms with Gasteiger partial charge in [-0.05, 0) is 72.5 Å². The minimum Gasteiger partial charge on any atom is -0.494 e. The van der Waals surface area contributed by atoms with E-state index in [1.807, 2.05) is 36.4 Å². The third-order valence-electron chi connectivity index (χ3n) is 6.96. The van der Waals surface area contributed by atoms with Crippen LogP contribution in [0, 0.1) is 0 Å². The number of esters is 1. The van der Waals surface area contributed by atoms with Gasteiger partial charge in [-0.3, -0.25) is 0 Å². The van der Waals surface area contributed by atoms with Crippen molar-refractivity contribution >= 4 is 11.9 Å². The van der Waals surface area contributed by atoms with E-state index in [4.69, 9.17) is 19.3 Å². The standard InChI is InChI=1S/C33H38O6/c34-32(35)27-17-21-30(22-18-27)39-33(36)28-13-11-25(12-14-28)26-15-19-29(20-16-26)37-23-9-7-5-3-1-2-4-6-8-10-31-24-38-31/h11-22,31H,1-10,23-24H2,(H,34,35). The molecule has 0 amide bonds. The number of carboxylic acid groups (broad SMARTS) is 1. The Morgan fingerprint density at radius 2 is 1.15 bits per heavy atom. The van der Waals surface area contributed by atoms with Gasteiger partial charge in [0.15, 0.2) is 0 Å². The minimum atomic E-state index is -1.03. The zero-order valence-electron chi connectivity index (χ0n) is 22.5. The van der Waals surface area contributed by atoms with Crippen LogP contribution >= 0.6 is 0 Å². The van der Waals surface area contributed by atoms with Gasteiger partial charge in [-0.1, -0.05) is 75.6 Å². The molecule has 206 valence electrons. The van der Waals surface area contributed by atoms with Crippen molar-refractivity contribution in [1.82, 2.24) is 0 Å². The number of carbonyl (C=O) groups is 2. The molecule has 1 N–H and O–H groups in total. The van der Waals surface area contributed by atoms with Crippen molar-refractivity contribution in [2.45, 2.75) is 70.3 Å². The van der Waals surface area contributed by atoms with Gasteiger partial charge in [-0.15, -0.1) is 0 Å². The normalized spacial score (nSPS) is 14.1. The highest BCUT2D eigenvalue weighted by atomic mass is 16.6. The van der Waals surface area contributed by atoms with Crippen molar-refractivity contribution in [1.29, 1.82) is 0 Å². The number of ether oxygens (including phenoxy) is 3. The summed E-state index contributed by atoms with van der Waals surface area (Å²) in [4.78, 5) is 23.4. The van der Waals surface area contributed by atoms with Crippen molar-refractivity contribution in [3.63, 3.8) is 0 Å². The van der Waals surface area contributed by atoms with E-state index in [0.29, 0.717) is 17.4 Å². The Morgan fingerprint density at radius 1 is 0.667 bits per heavy atom. The van der Waals surface area contributed by atoms with Crippen LogP contribution in [0.15, 0.2) is 72.8 Å². The summed E-state index contributed by atoms with van der Waals surface area (Å²) >= 11 is 0. The van der Waals surface area contributed by atoms with E-state index in [2.05, 4.69) is 0 Å². The molecule has 1 heterocycles. The van der Waals surface area contributed by atoms with Crippen LogP contribution in [0.5, 0.6) is 11.5 Å². The van der Waals surface area contributed by atoms with Crippen LogP contribution in [-0.4, -0.2) is 36.4 Å². The van der Waals surface area contributed by atoms with E-state index in [1.54, 1.807) is 12.1 Å². The van der Waals surface area contributed by atoms with E-state index in [-0.39, 0.29) is 5.56 Å². The van der Waals surface area contributed by atoms with Crippen molar-refractivity contribution in [2.24, 2.45) is 0 Å². The summed E-state index contributed by atoms with van der Waals surface area (Å²) in [5, 5.41) is 8.97. The number of benzene rings is 3. The molecule has 1 aliphatic rings. The van der Waals surface area contributed by atoms with Crippen molar-refractivity contribution in [3.8, 4) is 22.6 Å². The summed E-state index contributed by atoms with van der Waals surface area (Å²) in [6.07, 6.45) is 13.4. The molecule has 39 heavy (non-hydrogen) atoms. The molecule has 0 bridgehead atoms. The molecule has 6 heteroatoms. The summed E-state index contributed by atoms with van der Waals surface area (Å²) in [5.41, 5.74) is 2.58. The molecular weight excluding hydrogens is 492 g/mol. The average Bonchev–Trinajstić information content (AvgIpc) is 3.79. The first-order valence-corrected chi connectivity index (χ1v) is 14.1. The molecule has 0 spiro atoms. The number of hydrogen-bond acceptors (Lipinski definition) is 5. The predicted molar refractivity (Wildman–Crippen MR) is 152 cm³/mol. The largest absolute Gasteiger partial charge is 0.494 e. The number of epoxide rings is 1. The summed E-state index contributed by atoms with van der Waals surface area (Å²) in [6.45, 7) is 1.72. The molecule has 6 nitrogen and oxygen atoms in total. The molecule has 0 saturated carbocycles. The van der Waals surface area contributed by atoms with Gasteiger partial charge in [-0.25, -0.2) is 9.59 Å². The number of unbranched alkanes of at least 4 members (excludes halogenated alkanes) is 8. The zero-order chi connectivity index (χ0) is 27.3. The van der Waals surface area contributed by atoms with Crippen LogP contribution in [-0.2, 0) is 4.74 Å². The summed E-state index contributed by atoms with van der Waals surface area (Å²) < 4.78 is 16.5. The topological polar surface area (TPSA) is 85.4 Å². The van der Waals surface area contributed by atoms with Crippen LogP contribution in [0.4, 0.5) is 0 Å². The van der Waals surface area contributed by atoms with Crippen molar-refractivity contribution in [2.75, 3.05) is 13.2 Å². The molecule has 0 radical (unpaired) electrons. The Morgan fingerprint density at radius 3 is 1.72 bits per heavy atom. The maximum Gasteiger partial charge on any atom is 0.343 e. The van der Waals surface area contributed by atoms with Crippen LogP contribution in [0.3, 0.4) is 0 Å². The number of aromatic carboxylic acids is 1. The highest BCUT2D eigenvalue weighted by Crippen LogP contribution is 2.24. The predicted octanol–water partition coefficient (Wildman–Crippen LogP) is 7.95. The molecule has 1 saturated heterocycles. The second kappa shape index (κ2) is 15.1. The molecule has 1 unspecified atom stereocenters. The first-order chi connectivity index (χ1) is 19.1. The number of carbonyl (C=O) groups excluding carboxylic acids is 1. The fourth-order valence-corrected chi connectivity index (χ4v) is 4.51. The van der Waals surface area contributed by atoms with Gasteiger partial charge in [0.1, 0.15) is 11.5 Å². The quantitative estimate of drug-likeness (QED) is 0.0825. The SMILES string of the molecule is O=C(O)c1ccc(OC(=O)c2ccc(-c3ccc(OCCCCCCCCCCCC4CO4)cc3)cc2)cc1. The minimum absolute atomic E-state index is 0.137. The third-order valence-corrected chi connectivity index (χ3v) is 6.96. The first kappa shape index (κ1) is 28.4. The Hall–Kier alpha value is -3.64. The molecule has 4 rings (SSSR count). The Kier molecular flexibility index (Phi) is 11.0. The molecule has 3 aromatic rings. The van der Waals surface area contributed by atoms with Crippen LogP contribution in [0.1, 0.15) is 84.9 Å². The number of rotatable bonds is 17. The van der Waals surface area contributed by atoms with Crippen LogP contribution in [0.2, 0.25) is 0 Å². The van der Waals surface area contributed by atoms with Crippen LogP contribution in [0.25, 0.3) is 11.1 Å². The molecular formula is C33H38O6. The van der Waals surface area contributed by atoms with Crippen molar-refractivity contribution < 1.29 is 28.9 Å². The Labute approximate surface area is 230 Å². The Balaban J connectivity index is 1.10. The molecule has 0 aromatic heterocycles. The maximum atomic E-state index is 12.4. The fourth-order valence-electron chi connectivity index (χ4n) is 4.51. The van der Waals surface area contributed by atoms with Gasteiger partial charge in [0.05, 0.1) is 30.4 Å². The molecule has 1 aliphatic heterocycles. The second-order valence-electron chi connectivity index (χ2n) is 10.1. The molecule has 1 atom stereocenters. The van der Waals surface area contributed by atoms with E-state index < -0.39 is 11.9 Å². The smallest absolute Gasteiger partial charge is 0.343 e. The molecule has 1 fully saturated rings. The van der Waals surface area contributed by atoms with Crippen LogP contribution < -0.4 is 9.47 Å². The molecule has 0 aliphatic carbocycles. The van der Waals surface area contributed by atoms with E-state index >= 15 is 0 Å². The lowest BCUT2D eigenvalue weighted by atomic mass is 10.0. The Bertz CT molecular complexity index is 1160. The van der Waals surface area contributed by atoms with Gasteiger partial charge in [-0.2, -0.15) is 0 Å². The number of hydrogen-bond donors (Lipinski definition) is 1. The van der Waals surface area contributed by atoms with Crippen molar-refractivity contribution in [3.05, 3.63) is 83.9 Å². The monoisotopic (exact) mass is 530 g/mol. The summed E-state index contributed by atoms with van der Waals surface area (Å²) in [6, 6.07) is 20.9. The van der Waals surface area contributed by atoms with Gasteiger partial charge in [0, 0.05) is 0 Å². The van der Waals surface area contributed by atoms with Gasteiger partial charge in [0.25, 0.3) is 0 Å². The van der Waals surface area contributed by atoms with E-state index in [1.165, 1.54) is 82.1 Å². The molecule has 3 aromatic carbocycles. The van der Waals surface area contributed by atoms with Gasteiger partial charge < -0.3 is 19.3 Å². The maximum absolute atomic E-state index is 12.4. The summed E-state index contributed by atoms with van der Waals surface area (Å²) in [5.74, 6) is -0.361. The fraction of sp³-hybridized carbons (Fsp3) is 0.394. The highest BCUT2D eigenvalue weighted by molar-refractivity contribution is 5.92. The van der Waals surface area contributed by atoms with Gasteiger partial charge in [0.2, 0.25) is 0 Å². The summed E-state index contributed by atoms with van der Waals surface area (Å²) in [7, 11) is 0. The van der Waals surface area contributed by atoms with E-state index in [0.717, 1.165) is 36.5 Å². The number of carboxylic acids is 1. The third kappa shape index (κ3) is 9.88.